The lowest BCUT2D eigenvalue weighted by Gasteiger charge is -2.27. The molecule has 1 saturated heterocycles. The van der Waals surface area contributed by atoms with Gasteiger partial charge in [-0.25, -0.2) is 0 Å². The largest absolute Gasteiger partial charge is 0.424 e. The van der Waals surface area contributed by atoms with Gasteiger partial charge in [0, 0.05) is 6.54 Å². The second kappa shape index (κ2) is 4.06. The highest BCUT2D eigenvalue weighted by atomic mass is 16.4. The molecule has 1 aromatic rings. The molecule has 0 radical (unpaired) electrons. The van der Waals surface area contributed by atoms with Gasteiger partial charge in [0.2, 0.25) is 11.8 Å². The van der Waals surface area contributed by atoms with Gasteiger partial charge in [-0.2, -0.15) is 0 Å². The molecule has 0 saturated carbocycles. The molecule has 1 fully saturated rings. The number of nitrogens with zero attached hydrogens (tertiary/aromatic N) is 3. The van der Waals surface area contributed by atoms with Crippen molar-refractivity contribution in [3.8, 4) is 0 Å². The Morgan fingerprint density at radius 2 is 2.43 bits per heavy atom. The summed E-state index contributed by atoms with van der Waals surface area (Å²) in [5.74, 6) is 1.67. The maximum absolute atomic E-state index is 5.45. The molecule has 14 heavy (non-hydrogen) atoms. The number of likely N-dealkylation sites (tertiary alicyclic amines) is 1. The molecular formula is C9H16N4O. The molecule has 1 aromatic heterocycles. The fourth-order valence-electron chi connectivity index (χ4n) is 1.88. The molecule has 5 heteroatoms. The van der Waals surface area contributed by atoms with E-state index in [2.05, 4.69) is 22.1 Å². The number of rotatable bonds is 2. The molecule has 2 N–H and O–H groups in total. The van der Waals surface area contributed by atoms with Crippen molar-refractivity contribution in [3.63, 3.8) is 0 Å². The summed E-state index contributed by atoms with van der Waals surface area (Å²) in [6.07, 6.45) is 2.33. The lowest BCUT2D eigenvalue weighted by molar-refractivity contribution is 0.228. The molecule has 2 rings (SSSR count). The van der Waals surface area contributed by atoms with E-state index in [0.29, 0.717) is 18.4 Å². The number of hydrogen-bond acceptors (Lipinski definition) is 5. The second-order valence-corrected chi connectivity index (χ2v) is 3.84. The second-order valence-electron chi connectivity index (χ2n) is 3.84. The average Bonchev–Trinajstić information content (AvgIpc) is 2.66. The lowest BCUT2D eigenvalue weighted by Crippen LogP contribution is -2.30. The van der Waals surface area contributed by atoms with E-state index < -0.39 is 0 Å². The zero-order chi connectivity index (χ0) is 9.97. The quantitative estimate of drug-likeness (QED) is 0.738. The molecular weight excluding hydrogens is 180 g/mol. The van der Waals surface area contributed by atoms with E-state index in [0.717, 1.165) is 25.4 Å². The van der Waals surface area contributed by atoms with Crippen molar-refractivity contribution in [2.75, 3.05) is 20.1 Å². The van der Waals surface area contributed by atoms with Crippen LogP contribution in [0.1, 0.15) is 30.5 Å². The molecule has 1 unspecified atom stereocenters. The molecule has 1 aliphatic rings. The van der Waals surface area contributed by atoms with Crippen molar-refractivity contribution in [3.05, 3.63) is 11.8 Å². The summed E-state index contributed by atoms with van der Waals surface area (Å²) in [6.45, 7) is 2.50. The van der Waals surface area contributed by atoms with E-state index in [-0.39, 0.29) is 0 Å². The van der Waals surface area contributed by atoms with Gasteiger partial charge in [0.25, 0.3) is 0 Å². The summed E-state index contributed by atoms with van der Waals surface area (Å²) in [5.41, 5.74) is 5.41. The number of likely N-dealkylation sites (N-methyl/N-ethyl adjacent to an activating group) is 1. The van der Waals surface area contributed by atoms with Crippen LogP contribution in [0.25, 0.3) is 0 Å². The van der Waals surface area contributed by atoms with Crippen molar-refractivity contribution >= 4 is 0 Å². The van der Waals surface area contributed by atoms with Gasteiger partial charge in [-0.15, -0.1) is 10.2 Å². The first-order valence-corrected chi connectivity index (χ1v) is 5.00. The normalized spacial score (nSPS) is 24.0. The highest BCUT2D eigenvalue weighted by Gasteiger charge is 2.23. The SMILES string of the molecule is CN1CCCC(c2nnc(CN)o2)C1. The summed E-state index contributed by atoms with van der Waals surface area (Å²) in [6, 6.07) is 0. The number of hydrogen-bond donors (Lipinski definition) is 1. The average molecular weight is 196 g/mol. The van der Waals surface area contributed by atoms with E-state index >= 15 is 0 Å². The molecule has 0 bridgehead atoms. The molecule has 0 spiro atoms. The maximum Gasteiger partial charge on any atom is 0.230 e. The van der Waals surface area contributed by atoms with E-state index in [1.165, 1.54) is 6.42 Å². The molecule has 0 amide bonds. The zero-order valence-electron chi connectivity index (χ0n) is 8.44. The molecule has 0 aromatic carbocycles. The standard InChI is InChI=1S/C9H16N4O/c1-13-4-2-3-7(6-13)9-12-11-8(5-10)14-9/h7H,2-6,10H2,1H3. The van der Waals surface area contributed by atoms with E-state index in [1.54, 1.807) is 0 Å². The predicted molar refractivity (Wildman–Crippen MR) is 51.7 cm³/mol. The Bertz CT molecular complexity index is 299. The van der Waals surface area contributed by atoms with Crippen LogP contribution in [-0.2, 0) is 6.54 Å². The summed E-state index contributed by atoms with van der Waals surface area (Å²) in [7, 11) is 2.12. The van der Waals surface area contributed by atoms with E-state index in [4.69, 9.17) is 10.2 Å². The number of nitrogens with two attached hydrogens (primary N) is 1. The third-order valence-corrected chi connectivity index (χ3v) is 2.63. The predicted octanol–water partition coefficient (Wildman–Crippen LogP) is 0.338. The van der Waals surface area contributed by atoms with Crippen molar-refractivity contribution in [2.45, 2.75) is 25.3 Å². The van der Waals surface area contributed by atoms with Crippen LogP contribution in [0.3, 0.4) is 0 Å². The third kappa shape index (κ3) is 1.93. The van der Waals surface area contributed by atoms with Crippen LogP contribution in [0.4, 0.5) is 0 Å². The van der Waals surface area contributed by atoms with Crippen molar-refractivity contribution < 1.29 is 4.42 Å². The minimum Gasteiger partial charge on any atom is -0.424 e. The summed E-state index contributed by atoms with van der Waals surface area (Å²) in [4.78, 5) is 2.29. The Morgan fingerprint density at radius 3 is 3.07 bits per heavy atom. The van der Waals surface area contributed by atoms with Gasteiger partial charge >= 0.3 is 0 Å². The van der Waals surface area contributed by atoms with Gasteiger partial charge < -0.3 is 15.1 Å². The molecule has 78 valence electrons. The Kier molecular flexibility index (Phi) is 2.79. The zero-order valence-corrected chi connectivity index (χ0v) is 8.44. The van der Waals surface area contributed by atoms with E-state index in [1.807, 2.05) is 0 Å². The molecule has 2 heterocycles. The van der Waals surface area contributed by atoms with Crippen LogP contribution >= 0.6 is 0 Å². The van der Waals surface area contributed by atoms with Crippen LogP contribution in [-0.4, -0.2) is 35.2 Å². The van der Waals surface area contributed by atoms with Crippen LogP contribution in [0.5, 0.6) is 0 Å². The highest BCUT2D eigenvalue weighted by Crippen LogP contribution is 2.24. The first kappa shape index (κ1) is 9.61. The van der Waals surface area contributed by atoms with Gasteiger partial charge in [0.15, 0.2) is 0 Å². The summed E-state index contributed by atoms with van der Waals surface area (Å²) < 4.78 is 5.45. The number of aromatic nitrogens is 2. The van der Waals surface area contributed by atoms with Gasteiger partial charge in [0.05, 0.1) is 12.5 Å². The van der Waals surface area contributed by atoms with Crippen molar-refractivity contribution in [2.24, 2.45) is 5.73 Å². The molecule has 1 atom stereocenters. The minimum atomic E-state index is 0.329. The number of piperidine rings is 1. The van der Waals surface area contributed by atoms with E-state index in [9.17, 15) is 0 Å². The fourth-order valence-corrected chi connectivity index (χ4v) is 1.88. The molecule has 0 aliphatic carbocycles. The van der Waals surface area contributed by atoms with Gasteiger partial charge in [-0.05, 0) is 26.4 Å². The molecule has 5 nitrogen and oxygen atoms in total. The third-order valence-electron chi connectivity index (χ3n) is 2.63. The monoisotopic (exact) mass is 196 g/mol. The van der Waals surface area contributed by atoms with Crippen LogP contribution in [0, 0.1) is 0 Å². The van der Waals surface area contributed by atoms with Crippen LogP contribution in [0.2, 0.25) is 0 Å². The van der Waals surface area contributed by atoms with Crippen LogP contribution in [0.15, 0.2) is 4.42 Å². The summed E-state index contributed by atoms with van der Waals surface area (Å²) >= 11 is 0. The Hall–Kier alpha value is -0.940. The van der Waals surface area contributed by atoms with Gasteiger partial charge in [-0.3, -0.25) is 0 Å². The Balaban J connectivity index is 2.06. The molecule has 1 aliphatic heterocycles. The topological polar surface area (TPSA) is 68.2 Å². The first-order valence-electron chi connectivity index (χ1n) is 5.00. The maximum atomic E-state index is 5.45. The highest BCUT2D eigenvalue weighted by molar-refractivity contribution is 4.94. The lowest BCUT2D eigenvalue weighted by atomic mass is 9.99. The Labute approximate surface area is 83.3 Å². The fraction of sp³-hybridized carbons (Fsp3) is 0.778. The van der Waals surface area contributed by atoms with Crippen molar-refractivity contribution in [1.29, 1.82) is 0 Å². The summed E-state index contributed by atoms with van der Waals surface area (Å²) in [5, 5.41) is 7.90. The smallest absolute Gasteiger partial charge is 0.230 e. The minimum absolute atomic E-state index is 0.329. The van der Waals surface area contributed by atoms with Gasteiger partial charge in [-0.1, -0.05) is 0 Å². The van der Waals surface area contributed by atoms with Crippen molar-refractivity contribution in [1.82, 2.24) is 15.1 Å². The van der Waals surface area contributed by atoms with Gasteiger partial charge in [0.1, 0.15) is 0 Å². The van der Waals surface area contributed by atoms with Crippen LogP contribution < -0.4 is 5.73 Å². The first-order chi connectivity index (χ1) is 6.79. The Morgan fingerprint density at radius 1 is 1.57 bits per heavy atom.